The van der Waals surface area contributed by atoms with Gasteiger partial charge in [0, 0.05) is 6.08 Å². The molecule has 17 heavy (non-hydrogen) atoms. The summed E-state index contributed by atoms with van der Waals surface area (Å²) in [5.74, 6) is -0.320. The summed E-state index contributed by atoms with van der Waals surface area (Å²) < 4.78 is 19.9. The van der Waals surface area contributed by atoms with Crippen molar-refractivity contribution in [3.63, 3.8) is 0 Å². The first-order valence-electron chi connectivity index (χ1n) is 5.91. The van der Waals surface area contributed by atoms with Crippen molar-refractivity contribution in [3.8, 4) is 0 Å². The van der Waals surface area contributed by atoms with E-state index in [-0.39, 0.29) is 22.9 Å². The van der Waals surface area contributed by atoms with Gasteiger partial charge in [-0.25, -0.2) is 13.7 Å². The average molecular weight is 259 g/mol. The lowest BCUT2D eigenvalue weighted by atomic mass is 10.1. The molecule has 5 heteroatoms. The predicted molar refractivity (Wildman–Crippen MR) is 68.7 cm³/mol. The molecule has 0 saturated carbocycles. The standard InChI is InChI=1S/C12H21NO3S/c1-5-6-9(10-7-8-11(14)16-10)13-17(15)12(2,3)4/h7-10,13H,5-6H2,1-4H3/t9-,10+,17?/m1/s1. The second-order valence-electron chi connectivity index (χ2n) is 5.15. The van der Waals surface area contributed by atoms with Gasteiger partial charge in [0.15, 0.2) is 0 Å². The van der Waals surface area contributed by atoms with E-state index in [1.54, 1.807) is 6.08 Å². The first-order chi connectivity index (χ1) is 7.84. The van der Waals surface area contributed by atoms with Crippen LogP contribution in [0.1, 0.15) is 40.5 Å². The third-order valence-electron chi connectivity index (χ3n) is 2.49. The average Bonchev–Trinajstić information content (AvgIpc) is 2.62. The Balaban J connectivity index is 2.64. The summed E-state index contributed by atoms with van der Waals surface area (Å²) in [5, 5.41) is 0. The minimum Gasteiger partial charge on any atom is -0.453 e. The Morgan fingerprint density at radius 1 is 1.53 bits per heavy atom. The Bertz CT molecular complexity index is 333. The predicted octanol–water partition coefficient (Wildman–Crippen LogP) is 1.69. The fraction of sp³-hybridized carbons (Fsp3) is 0.750. The lowest BCUT2D eigenvalue weighted by Crippen LogP contribution is -2.45. The van der Waals surface area contributed by atoms with E-state index in [0.717, 1.165) is 12.8 Å². The van der Waals surface area contributed by atoms with Gasteiger partial charge in [0.2, 0.25) is 0 Å². The highest BCUT2D eigenvalue weighted by Gasteiger charge is 2.30. The minimum atomic E-state index is -1.15. The first kappa shape index (κ1) is 14.4. The van der Waals surface area contributed by atoms with Crippen LogP contribution in [0.5, 0.6) is 0 Å². The van der Waals surface area contributed by atoms with E-state index in [1.807, 2.05) is 20.8 Å². The molecule has 1 N–H and O–H groups in total. The van der Waals surface area contributed by atoms with Crippen molar-refractivity contribution >= 4 is 17.0 Å². The molecule has 0 saturated heterocycles. The monoisotopic (exact) mass is 259 g/mol. The van der Waals surface area contributed by atoms with Crippen LogP contribution >= 0.6 is 0 Å². The fourth-order valence-corrected chi connectivity index (χ4v) is 2.40. The van der Waals surface area contributed by atoms with E-state index in [2.05, 4.69) is 11.6 Å². The van der Waals surface area contributed by atoms with Crippen molar-refractivity contribution in [2.75, 3.05) is 0 Å². The zero-order valence-electron chi connectivity index (χ0n) is 10.9. The highest BCUT2D eigenvalue weighted by atomic mass is 32.2. The number of esters is 1. The molecule has 1 aliphatic rings. The van der Waals surface area contributed by atoms with Gasteiger partial charge in [0.05, 0.1) is 21.8 Å². The van der Waals surface area contributed by atoms with Gasteiger partial charge in [-0.3, -0.25) is 0 Å². The van der Waals surface area contributed by atoms with E-state index in [9.17, 15) is 9.00 Å². The zero-order chi connectivity index (χ0) is 13.1. The molecule has 0 aromatic heterocycles. The van der Waals surface area contributed by atoms with Gasteiger partial charge >= 0.3 is 5.97 Å². The molecule has 1 heterocycles. The van der Waals surface area contributed by atoms with Crippen molar-refractivity contribution in [2.45, 2.75) is 57.4 Å². The van der Waals surface area contributed by atoms with Crippen LogP contribution < -0.4 is 4.72 Å². The smallest absolute Gasteiger partial charge is 0.331 e. The molecule has 1 aliphatic heterocycles. The van der Waals surface area contributed by atoms with Crippen molar-refractivity contribution in [1.29, 1.82) is 0 Å². The molecule has 3 atom stereocenters. The molecule has 0 bridgehead atoms. The van der Waals surface area contributed by atoms with Gasteiger partial charge in [-0.05, 0) is 33.3 Å². The summed E-state index contributed by atoms with van der Waals surface area (Å²) in [4.78, 5) is 11.0. The quantitative estimate of drug-likeness (QED) is 0.764. The van der Waals surface area contributed by atoms with E-state index in [0.29, 0.717) is 0 Å². The Hall–Kier alpha value is -0.680. The summed E-state index contributed by atoms with van der Waals surface area (Å²) >= 11 is 0. The SMILES string of the molecule is CCC[C@@H](NS(=O)C(C)(C)C)[C@@H]1C=CC(=O)O1. The number of nitrogens with one attached hydrogen (secondary N) is 1. The Kier molecular flexibility index (Phi) is 4.89. The fourth-order valence-electron chi connectivity index (χ4n) is 1.52. The molecular formula is C12H21NO3S. The third-order valence-corrected chi connectivity index (χ3v) is 4.11. The number of carbonyl (C=O) groups is 1. The van der Waals surface area contributed by atoms with Gasteiger partial charge in [-0.1, -0.05) is 13.3 Å². The van der Waals surface area contributed by atoms with Crippen molar-refractivity contribution < 1.29 is 13.7 Å². The normalized spacial score (nSPS) is 23.5. The molecular weight excluding hydrogens is 238 g/mol. The van der Waals surface area contributed by atoms with Crippen LogP contribution in [0.4, 0.5) is 0 Å². The summed E-state index contributed by atoms with van der Waals surface area (Å²) in [6.45, 7) is 7.79. The summed E-state index contributed by atoms with van der Waals surface area (Å²) in [7, 11) is -1.15. The van der Waals surface area contributed by atoms with Crippen molar-refractivity contribution in [2.24, 2.45) is 0 Å². The second-order valence-corrected chi connectivity index (χ2v) is 7.15. The molecule has 0 radical (unpaired) electrons. The maximum absolute atomic E-state index is 12.0. The largest absolute Gasteiger partial charge is 0.453 e. The van der Waals surface area contributed by atoms with Crippen LogP contribution in [0.3, 0.4) is 0 Å². The minimum absolute atomic E-state index is 0.0808. The zero-order valence-corrected chi connectivity index (χ0v) is 11.7. The Morgan fingerprint density at radius 3 is 2.59 bits per heavy atom. The van der Waals surface area contributed by atoms with Crippen LogP contribution in [0.25, 0.3) is 0 Å². The van der Waals surface area contributed by atoms with Crippen LogP contribution in [0, 0.1) is 0 Å². The summed E-state index contributed by atoms with van der Waals surface area (Å²) in [6.07, 6.45) is 4.63. The van der Waals surface area contributed by atoms with Crippen LogP contribution in [0.2, 0.25) is 0 Å². The van der Waals surface area contributed by atoms with Gasteiger partial charge in [-0.2, -0.15) is 0 Å². The van der Waals surface area contributed by atoms with Crippen LogP contribution in [-0.2, 0) is 20.5 Å². The number of ether oxygens (including phenoxy) is 1. The van der Waals surface area contributed by atoms with Gasteiger partial charge < -0.3 is 4.74 Å². The molecule has 0 spiro atoms. The molecule has 1 unspecified atom stereocenters. The van der Waals surface area contributed by atoms with Crippen molar-refractivity contribution in [1.82, 2.24) is 4.72 Å². The number of cyclic esters (lactones) is 1. The number of hydrogen-bond acceptors (Lipinski definition) is 3. The number of hydrogen-bond donors (Lipinski definition) is 1. The van der Waals surface area contributed by atoms with Gasteiger partial charge in [-0.15, -0.1) is 0 Å². The Labute approximate surface area is 105 Å². The molecule has 0 aromatic rings. The molecule has 0 aromatic carbocycles. The van der Waals surface area contributed by atoms with Gasteiger partial charge in [0.25, 0.3) is 0 Å². The lowest BCUT2D eigenvalue weighted by Gasteiger charge is -2.26. The topological polar surface area (TPSA) is 55.4 Å². The van der Waals surface area contributed by atoms with E-state index in [4.69, 9.17) is 4.74 Å². The Morgan fingerprint density at radius 2 is 2.18 bits per heavy atom. The summed E-state index contributed by atoms with van der Waals surface area (Å²) in [5.41, 5.74) is 0. The highest BCUT2D eigenvalue weighted by Crippen LogP contribution is 2.17. The second kappa shape index (κ2) is 5.78. The van der Waals surface area contributed by atoms with Crippen LogP contribution in [-0.4, -0.2) is 27.1 Å². The molecule has 0 amide bonds. The summed E-state index contributed by atoms with van der Waals surface area (Å²) in [6, 6.07) is -0.0808. The first-order valence-corrected chi connectivity index (χ1v) is 7.06. The third kappa shape index (κ3) is 4.24. The van der Waals surface area contributed by atoms with Crippen molar-refractivity contribution in [3.05, 3.63) is 12.2 Å². The van der Waals surface area contributed by atoms with E-state index in [1.165, 1.54) is 6.08 Å². The molecule has 0 fully saturated rings. The molecule has 98 valence electrons. The van der Waals surface area contributed by atoms with Gasteiger partial charge in [0.1, 0.15) is 6.10 Å². The maximum Gasteiger partial charge on any atom is 0.331 e. The lowest BCUT2D eigenvalue weighted by molar-refractivity contribution is -0.139. The maximum atomic E-state index is 12.0. The van der Waals surface area contributed by atoms with E-state index >= 15 is 0 Å². The molecule has 4 nitrogen and oxygen atoms in total. The number of rotatable bonds is 5. The molecule has 1 rings (SSSR count). The number of carbonyl (C=O) groups excluding carboxylic acids is 1. The highest BCUT2D eigenvalue weighted by molar-refractivity contribution is 7.84. The van der Waals surface area contributed by atoms with E-state index < -0.39 is 11.0 Å². The molecule has 0 aliphatic carbocycles. The van der Waals surface area contributed by atoms with Crippen LogP contribution in [0.15, 0.2) is 12.2 Å².